The van der Waals surface area contributed by atoms with Crippen molar-refractivity contribution in [1.82, 2.24) is 9.88 Å². The minimum absolute atomic E-state index is 0.0787. The summed E-state index contributed by atoms with van der Waals surface area (Å²) in [5.74, 6) is -0.318. The Morgan fingerprint density at radius 2 is 2.14 bits per heavy atom. The number of anilines is 1. The Labute approximate surface area is 128 Å². The number of aromatic nitrogens is 1. The minimum Gasteiger partial charge on any atom is -0.465 e. The Hall–Kier alpha value is -1.63. The zero-order valence-electron chi connectivity index (χ0n) is 13.0. The Morgan fingerprint density at radius 3 is 2.67 bits per heavy atom. The highest BCUT2D eigenvalue weighted by molar-refractivity contribution is 7.17. The van der Waals surface area contributed by atoms with Crippen molar-refractivity contribution in [3.63, 3.8) is 0 Å². The molecule has 0 radical (unpaired) electrons. The fourth-order valence-electron chi connectivity index (χ4n) is 2.37. The lowest BCUT2D eigenvalue weighted by Gasteiger charge is -2.32. The maximum absolute atomic E-state index is 12.4. The van der Waals surface area contributed by atoms with Crippen molar-refractivity contribution in [2.45, 2.75) is 45.7 Å². The van der Waals surface area contributed by atoms with Gasteiger partial charge in [0.2, 0.25) is 5.91 Å². The van der Waals surface area contributed by atoms with E-state index in [0.717, 1.165) is 13.0 Å². The summed E-state index contributed by atoms with van der Waals surface area (Å²) in [4.78, 5) is 30.6. The molecule has 1 fully saturated rings. The van der Waals surface area contributed by atoms with Crippen LogP contribution in [0.15, 0.2) is 0 Å². The molecule has 1 aromatic rings. The molecule has 0 spiro atoms. The van der Waals surface area contributed by atoms with Crippen LogP contribution in [0, 0.1) is 6.92 Å². The standard InChI is InChI=1S/C14H21N3O3S/c1-8-10(12(19)20-5)21-13(15-8)16-9-6-7-17(11(9)18)14(2,3)4/h9H,6-7H2,1-5H3,(H,15,16). The van der Waals surface area contributed by atoms with E-state index in [9.17, 15) is 9.59 Å². The second-order valence-electron chi connectivity index (χ2n) is 6.07. The fraction of sp³-hybridized carbons (Fsp3) is 0.643. The Bertz CT molecular complexity index is 562. The Kier molecular flexibility index (Phi) is 4.22. The van der Waals surface area contributed by atoms with Gasteiger partial charge in [-0.05, 0) is 34.1 Å². The normalized spacial score (nSPS) is 19.0. The molecule has 6 nitrogen and oxygen atoms in total. The first-order valence-electron chi connectivity index (χ1n) is 6.88. The summed E-state index contributed by atoms with van der Waals surface area (Å²) in [6.07, 6.45) is 0.738. The molecule has 1 unspecified atom stereocenters. The molecule has 1 aliphatic heterocycles. The summed E-state index contributed by atoms with van der Waals surface area (Å²) in [5, 5.41) is 3.73. The summed E-state index contributed by atoms with van der Waals surface area (Å²) < 4.78 is 4.71. The van der Waals surface area contributed by atoms with Crippen molar-refractivity contribution in [2.24, 2.45) is 0 Å². The van der Waals surface area contributed by atoms with Gasteiger partial charge in [0.05, 0.1) is 12.8 Å². The quantitative estimate of drug-likeness (QED) is 0.865. The summed E-state index contributed by atoms with van der Waals surface area (Å²) in [5.41, 5.74) is 0.441. The Morgan fingerprint density at radius 1 is 1.48 bits per heavy atom. The third kappa shape index (κ3) is 3.18. The van der Waals surface area contributed by atoms with Crippen LogP contribution < -0.4 is 5.32 Å². The van der Waals surface area contributed by atoms with Gasteiger partial charge in [-0.2, -0.15) is 0 Å². The van der Waals surface area contributed by atoms with Gasteiger partial charge >= 0.3 is 5.97 Å². The van der Waals surface area contributed by atoms with E-state index < -0.39 is 5.97 Å². The third-order valence-corrected chi connectivity index (χ3v) is 4.55. The molecule has 2 rings (SSSR count). The number of esters is 1. The predicted octanol–water partition coefficient (Wildman–Crippen LogP) is 2.05. The average molecular weight is 311 g/mol. The van der Waals surface area contributed by atoms with E-state index in [-0.39, 0.29) is 17.5 Å². The highest BCUT2D eigenvalue weighted by atomic mass is 32.1. The van der Waals surface area contributed by atoms with Crippen LogP contribution in [0.1, 0.15) is 42.6 Å². The zero-order valence-corrected chi connectivity index (χ0v) is 13.8. The topological polar surface area (TPSA) is 71.5 Å². The number of carbonyl (C=O) groups excluding carboxylic acids is 2. The van der Waals surface area contributed by atoms with E-state index in [4.69, 9.17) is 4.74 Å². The highest BCUT2D eigenvalue weighted by Crippen LogP contribution is 2.28. The van der Waals surface area contributed by atoms with Crippen LogP contribution in [0.3, 0.4) is 0 Å². The average Bonchev–Trinajstić information content (AvgIpc) is 2.93. The van der Waals surface area contributed by atoms with Crippen LogP contribution in [0.4, 0.5) is 5.13 Å². The summed E-state index contributed by atoms with van der Waals surface area (Å²) in [6.45, 7) is 8.56. The SMILES string of the molecule is COC(=O)c1sc(NC2CCN(C(C)(C)C)C2=O)nc1C. The monoisotopic (exact) mass is 311 g/mol. The number of amides is 1. The molecule has 0 saturated carbocycles. The number of aryl methyl sites for hydroxylation is 1. The summed E-state index contributed by atoms with van der Waals surface area (Å²) >= 11 is 1.22. The van der Waals surface area contributed by atoms with Crippen LogP contribution in [0.2, 0.25) is 0 Å². The first-order valence-corrected chi connectivity index (χ1v) is 7.69. The molecule has 21 heavy (non-hydrogen) atoms. The summed E-state index contributed by atoms with van der Waals surface area (Å²) in [7, 11) is 1.34. The number of ether oxygens (including phenoxy) is 1. The van der Waals surface area contributed by atoms with Crippen LogP contribution in [-0.4, -0.2) is 47.0 Å². The lowest BCUT2D eigenvalue weighted by atomic mass is 10.1. The molecule has 116 valence electrons. The van der Waals surface area contributed by atoms with Crippen molar-refractivity contribution in [2.75, 3.05) is 19.0 Å². The largest absolute Gasteiger partial charge is 0.465 e. The molecule has 1 saturated heterocycles. The number of hydrogen-bond donors (Lipinski definition) is 1. The van der Waals surface area contributed by atoms with Crippen LogP contribution in [0.5, 0.6) is 0 Å². The van der Waals surface area contributed by atoms with E-state index in [1.165, 1.54) is 18.4 Å². The molecule has 2 heterocycles. The molecule has 0 aliphatic carbocycles. The van der Waals surface area contributed by atoms with E-state index >= 15 is 0 Å². The maximum atomic E-state index is 12.4. The fourth-order valence-corrected chi connectivity index (χ4v) is 3.31. The van der Waals surface area contributed by atoms with Crippen molar-refractivity contribution in [3.8, 4) is 0 Å². The molecule has 1 atom stereocenters. The van der Waals surface area contributed by atoms with Crippen molar-refractivity contribution < 1.29 is 14.3 Å². The number of hydrogen-bond acceptors (Lipinski definition) is 6. The number of likely N-dealkylation sites (tertiary alicyclic amines) is 1. The van der Waals surface area contributed by atoms with Gasteiger partial charge in [0.1, 0.15) is 10.9 Å². The van der Waals surface area contributed by atoms with Crippen LogP contribution >= 0.6 is 11.3 Å². The maximum Gasteiger partial charge on any atom is 0.350 e. The number of nitrogens with one attached hydrogen (secondary N) is 1. The molecule has 1 aromatic heterocycles. The van der Waals surface area contributed by atoms with Gasteiger partial charge in [-0.1, -0.05) is 11.3 Å². The van der Waals surface area contributed by atoms with Gasteiger partial charge < -0.3 is 15.0 Å². The number of thiazole rings is 1. The second-order valence-corrected chi connectivity index (χ2v) is 7.07. The van der Waals surface area contributed by atoms with E-state index in [0.29, 0.717) is 15.7 Å². The van der Waals surface area contributed by atoms with Gasteiger partial charge in [0.25, 0.3) is 0 Å². The van der Waals surface area contributed by atoms with Gasteiger partial charge in [0, 0.05) is 12.1 Å². The lowest BCUT2D eigenvalue weighted by Crippen LogP contribution is -2.45. The van der Waals surface area contributed by atoms with Crippen molar-refractivity contribution in [1.29, 1.82) is 0 Å². The molecule has 1 amide bonds. The van der Waals surface area contributed by atoms with E-state index in [2.05, 4.69) is 10.3 Å². The molecule has 0 aromatic carbocycles. The molecule has 1 aliphatic rings. The van der Waals surface area contributed by atoms with Crippen molar-refractivity contribution >= 4 is 28.3 Å². The van der Waals surface area contributed by atoms with Crippen LogP contribution in [0.25, 0.3) is 0 Å². The van der Waals surface area contributed by atoms with Crippen LogP contribution in [-0.2, 0) is 9.53 Å². The highest BCUT2D eigenvalue weighted by Gasteiger charge is 2.38. The molecular weight excluding hydrogens is 290 g/mol. The number of methoxy groups -OCH3 is 1. The number of nitrogens with zero attached hydrogens (tertiary/aromatic N) is 2. The smallest absolute Gasteiger partial charge is 0.350 e. The Balaban J connectivity index is 2.10. The molecule has 1 N–H and O–H groups in total. The first-order chi connectivity index (χ1) is 9.74. The van der Waals surface area contributed by atoms with Gasteiger partial charge in [-0.15, -0.1) is 0 Å². The van der Waals surface area contributed by atoms with E-state index in [1.54, 1.807) is 6.92 Å². The molecule has 7 heteroatoms. The van der Waals surface area contributed by atoms with Crippen molar-refractivity contribution in [3.05, 3.63) is 10.6 Å². The van der Waals surface area contributed by atoms with Gasteiger partial charge in [0.15, 0.2) is 5.13 Å². The molecule has 0 bridgehead atoms. The predicted molar refractivity (Wildman–Crippen MR) is 81.7 cm³/mol. The minimum atomic E-state index is -0.396. The lowest BCUT2D eigenvalue weighted by molar-refractivity contribution is -0.132. The molecular formula is C14H21N3O3S. The number of rotatable bonds is 3. The first kappa shape index (κ1) is 15.8. The zero-order chi connectivity index (χ0) is 15.8. The second kappa shape index (κ2) is 5.63. The number of carbonyl (C=O) groups is 2. The van der Waals surface area contributed by atoms with Gasteiger partial charge in [-0.25, -0.2) is 9.78 Å². The third-order valence-electron chi connectivity index (χ3n) is 3.48. The van der Waals surface area contributed by atoms with E-state index in [1.807, 2.05) is 25.7 Å². The van der Waals surface area contributed by atoms with Gasteiger partial charge in [-0.3, -0.25) is 4.79 Å². The summed E-state index contributed by atoms with van der Waals surface area (Å²) in [6, 6.07) is -0.278.